The lowest BCUT2D eigenvalue weighted by molar-refractivity contribution is 0.421. The molecule has 1 heterocycles. The second-order valence-corrected chi connectivity index (χ2v) is 8.83. The van der Waals surface area contributed by atoms with Crippen LogP contribution < -0.4 is 5.73 Å². The van der Waals surface area contributed by atoms with Gasteiger partial charge in [0.2, 0.25) is 16.0 Å². The zero-order valence-electron chi connectivity index (χ0n) is 14.8. The van der Waals surface area contributed by atoms with Crippen LogP contribution in [0.3, 0.4) is 0 Å². The minimum absolute atomic E-state index is 0.0255. The smallest absolute Gasteiger partial charge is 0.242 e. The fourth-order valence-corrected chi connectivity index (χ4v) is 4.68. The summed E-state index contributed by atoms with van der Waals surface area (Å²) in [6.07, 6.45) is 0. The standard InChI is InChI=1S/C19H20N4O2S/c1-13-19(2,22-18(21)23(3)26(13,24)25)17-9-5-8-16(11-17)15-7-4-6-14(10-15)12-20/h4-11,13H,1-3H3,(H2,21,22)/t13?,19-/m0/s1. The fourth-order valence-electron chi connectivity index (χ4n) is 3.14. The van der Waals surface area contributed by atoms with Crippen LogP contribution in [0.1, 0.15) is 25.0 Å². The van der Waals surface area contributed by atoms with Crippen molar-refractivity contribution in [3.05, 3.63) is 59.7 Å². The van der Waals surface area contributed by atoms with Gasteiger partial charge in [0.15, 0.2) is 0 Å². The Morgan fingerprint density at radius 1 is 1.19 bits per heavy atom. The molecule has 1 aliphatic heterocycles. The zero-order chi connectivity index (χ0) is 19.1. The predicted octanol–water partition coefficient (Wildman–Crippen LogP) is 2.42. The summed E-state index contributed by atoms with van der Waals surface area (Å²) < 4.78 is 26.4. The Bertz CT molecular complexity index is 1040. The predicted molar refractivity (Wildman–Crippen MR) is 102 cm³/mol. The molecule has 1 aliphatic rings. The van der Waals surface area contributed by atoms with Crippen molar-refractivity contribution >= 4 is 16.0 Å². The highest BCUT2D eigenvalue weighted by Crippen LogP contribution is 2.38. The molecule has 0 spiro atoms. The van der Waals surface area contributed by atoms with E-state index < -0.39 is 20.8 Å². The maximum Gasteiger partial charge on any atom is 0.242 e. The number of hydrogen-bond donors (Lipinski definition) is 1. The summed E-state index contributed by atoms with van der Waals surface area (Å²) in [5, 5.41) is 8.33. The number of hydrogen-bond acceptors (Lipinski definition) is 5. The van der Waals surface area contributed by atoms with Gasteiger partial charge in [-0.15, -0.1) is 0 Å². The SMILES string of the molecule is CC1[C@@](C)(c2cccc(-c3cccc(C#N)c3)c2)N=C(N)N(C)S1(=O)=O. The molecule has 2 aromatic rings. The highest BCUT2D eigenvalue weighted by Gasteiger charge is 2.47. The van der Waals surface area contributed by atoms with Crippen LogP contribution in [0.5, 0.6) is 0 Å². The van der Waals surface area contributed by atoms with E-state index in [1.165, 1.54) is 7.05 Å². The maximum absolute atomic E-state index is 12.7. The molecule has 0 radical (unpaired) electrons. The summed E-state index contributed by atoms with van der Waals surface area (Å²) in [5.41, 5.74) is 7.97. The van der Waals surface area contributed by atoms with Crippen LogP contribution in [0.15, 0.2) is 53.5 Å². The normalized spacial score (nSPS) is 24.6. The van der Waals surface area contributed by atoms with Gasteiger partial charge in [0.1, 0.15) is 10.8 Å². The topological polar surface area (TPSA) is 99.5 Å². The number of aliphatic imine (C=N–C) groups is 1. The molecule has 7 heteroatoms. The van der Waals surface area contributed by atoms with Gasteiger partial charge in [0.05, 0.1) is 11.6 Å². The molecule has 0 aromatic heterocycles. The first-order valence-corrected chi connectivity index (χ1v) is 9.64. The third kappa shape index (κ3) is 2.72. The number of benzene rings is 2. The van der Waals surface area contributed by atoms with Crippen molar-refractivity contribution < 1.29 is 8.42 Å². The van der Waals surface area contributed by atoms with Crippen LogP contribution in [0.2, 0.25) is 0 Å². The molecule has 2 atom stereocenters. The van der Waals surface area contributed by atoms with Crippen LogP contribution in [-0.4, -0.2) is 31.0 Å². The summed E-state index contributed by atoms with van der Waals surface area (Å²) in [6.45, 7) is 3.42. The summed E-state index contributed by atoms with van der Waals surface area (Å²) in [7, 11) is -2.19. The van der Waals surface area contributed by atoms with E-state index in [1.807, 2.05) is 36.4 Å². The van der Waals surface area contributed by atoms with Crippen molar-refractivity contribution in [1.29, 1.82) is 5.26 Å². The highest BCUT2D eigenvalue weighted by molar-refractivity contribution is 7.90. The molecule has 134 valence electrons. The van der Waals surface area contributed by atoms with Gasteiger partial charge in [0.25, 0.3) is 0 Å². The molecule has 1 unspecified atom stereocenters. The van der Waals surface area contributed by atoms with Crippen molar-refractivity contribution in [3.63, 3.8) is 0 Å². The zero-order valence-corrected chi connectivity index (χ0v) is 15.7. The van der Waals surface area contributed by atoms with Gasteiger partial charge in [-0.05, 0) is 48.7 Å². The fraction of sp³-hybridized carbons (Fsp3) is 0.263. The van der Waals surface area contributed by atoms with Gasteiger partial charge in [-0.25, -0.2) is 17.7 Å². The molecular weight excluding hydrogens is 348 g/mol. The monoisotopic (exact) mass is 368 g/mol. The average molecular weight is 368 g/mol. The average Bonchev–Trinajstić information content (AvgIpc) is 2.65. The molecular formula is C19H20N4O2S. The van der Waals surface area contributed by atoms with Crippen molar-refractivity contribution in [3.8, 4) is 17.2 Å². The number of nitrogens with zero attached hydrogens (tertiary/aromatic N) is 3. The third-order valence-corrected chi connectivity index (χ3v) is 7.36. The first kappa shape index (κ1) is 18.0. The summed E-state index contributed by atoms with van der Waals surface area (Å²) >= 11 is 0. The Morgan fingerprint density at radius 3 is 2.46 bits per heavy atom. The van der Waals surface area contributed by atoms with Crippen LogP contribution in [0, 0.1) is 11.3 Å². The lowest BCUT2D eigenvalue weighted by atomic mass is 9.87. The van der Waals surface area contributed by atoms with Gasteiger partial charge in [0, 0.05) is 7.05 Å². The van der Waals surface area contributed by atoms with E-state index in [2.05, 4.69) is 11.1 Å². The Morgan fingerprint density at radius 2 is 1.81 bits per heavy atom. The number of nitriles is 1. The quantitative estimate of drug-likeness (QED) is 0.880. The van der Waals surface area contributed by atoms with E-state index in [9.17, 15) is 8.42 Å². The molecule has 0 bridgehead atoms. The minimum atomic E-state index is -3.60. The second kappa shape index (κ2) is 6.15. The molecule has 0 aliphatic carbocycles. The van der Waals surface area contributed by atoms with Crippen LogP contribution in [0.4, 0.5) is 0 Å². The van der Waals surface area contributed by atoms with Crippen molar-refractivity contribution in [2.24, 2.45) is 10.7 Å². The van der Waals surface area contributed by atoms with E-state index in [1.54, 1.807) is 26.0 Å². The summed E-state index contributed by atoms with van der Waals surface area (Å²) in [4.78, 5) is 4.50. The highest BCUT2D eigenvalue weighted by atomic mass is 32.2. The van der Waals surface area contributed by atoms with Crippen LogP contribution in [-0.2, 0) is 15.6 Å². The van der Waals surface area contributed by atoms with E-state index in [-0.39, 0.29) is 5.96 Å². The first-order valence-electron chi connectivity index (χ1n) is 8.14. The van der Waals surface area contributed by atoms with Gasteiger partial charge < -0.3 is 5.73 Å². The van der Waals surface area contributed by atoms with E-state index in [0.29, 0.717) is 5.56 Å². The Balaban J connectivity index is 2.15. The molecule has 3 rings (SSSR count). The molecule has 6 nitrogen and oxygen atoms in total. The van der Waals surface area contributed by atoms with Crippen molar-refractivity contribution in [2.45, 2.75) is 24.6 Å². The molecule has 26 heavy (non-hydrogen) atoms. The van der Waals surface area contributed by atoms with Crippen LogP contribution >= 0.6 is 0 Å². The Hall–Kier alpha value is -2.85. The molecule has 0 saturated heterocycles. The Kier molecular flexibility index (Phi) is 4.24. The first-order chi connectivity index (χ1) is 12.2. The second-order valence-electron chi connectivity index (χ2n) is 6.55. The van der Waals surface area contributed by atoms with Crippen molar-refractivity contribution in [2.75, 3.05) is 7.05 Å². The van der Waals surface area contributed by atoms with E-state index in [0.717, 1.165) is 21.0 Å². The van der Waals surface area contributed by atoms with Crippen LogP contribution in [0.25, 0.3) is 11.1 Å². The Labute approximate surface area is 153 Å². The molecule has 2 N–H and O–H groups in total. The molecule has 0 fully saturated rings. The van der Waals surface area contributed by atoms with Crippen molar-refractivity contribution in [1.82, 2.24) is 4.31 Å². The van der Waals surface area contributed by atoms with E-state index in [4.69, 9.17) is 11.0 Å². The lowest BCUT2D eigenvalue weighted by Gasteiger charge is -2.39. The number of guanidine groups is 1. The van der Waals surface area contributed by atoms with Gasteiger partial charge >= 0.3 is 0 Å². The number of nitrogens with two attached hydrogens (primary N) is 1. The molecule has 0 amide bonds. The molecule has 2 aromatic carbocycles. The maximum atomic E-state index is 12.7. The lowest BCUT2D eigenvalue weighted by Crippen LogP contribution is -2.55. The van der Waals surface area contributed by atoms with E-state index >= 15 is 0 Å². The largest absolute Gasteiger partial charge is 0.369 e. The number of sulfonamides is 1. The minimum Gasteiger partial charge on any atom is -0.369 e. The third-order valence-electron chi connectivity index (χ3n) is 5.06. The number of rotatable bonds is 2. The molecule has 0 saturated carbocycles. The van der Waals surface area contributed by atoms with Gasteiger partial charge in [-0.3, -0.25) is 0 Å². The van der Waals surface area contributed by atoms with Gasteiger partial charge in [-0.2, -0.15) is 5.26 Å². The summed E-state index contributed by atoms with van der Waals surface area (Å²) in [5.74, 6) is -0.0255. The summed E-state index contributed by atoms with van der Waals surface area (Å²) in [6, 6.07) is 16.9. The van der Waals surface area contributed by atoms with Gasteiger partial charge in [-0.1, -0.05) is 30.3 Å².